The molecular weight excluding hydrogens is 266 g/mol. The van der Waals surface area contributed by atoms with Crippen molar-refractivity contribution in [1.82, 2.24) is 5.32 Å². The van der Waals surface area contributed by atoms with E-state index < -0.39 is 0 Å². The normalized spacial score (nSPS) is 19.9. The molecule has 3 rings (SSSR count). The molecule has 0 saturated heterocycles. The summed E-state index contributed by atoms with van der Waals surface area (Å²) in [6.45, 7) is 6.03. The van der Waals surface area contributed by atoms with Gasteiger partial charge in [0.25, 0.3) is 0 Å². The Morgan fingerprint density at radius 3 is 2.80 bits per heavy atom. The van der Waals surface area contributed by atoms with Crippen molar-refractivity contribution in [2.45, 2.75) is 32.5 Å². The van der Waals surface area contributed by atoms with E-state index in [4.69, 9.17) is 4.74 Å². The van der Waals surface area contributed by atoms with Crippen LogP contribution in [0, 0.1) is 5.92 Å². The zero-order valence-corrected chi connectivity index (χ0v) is 12.8. The molecule has 0 saturated carbocycles. The molecule has 0 amide bonds. The Kier molecular flexibility index (Phi) is 4.20. The summed E-state index contributed by atoms with van der Waals surface area (Å²) in [5.41, 5.74) is 2.70. The molecule has 0 radical (unpaired) electrons. The third-order valence-corrected chi connectivity index (χ3v) is 4.83. The third-order valence-electron chi connectivity index (χ3n) is 3.87. The summed E-state index contributed by atoms with van der Waals surface area (Å²) < 4.78 is 5.75. The average Bonchev–Trinajstić information content (AvgIpc) is 2.98. The van der Waals surface area contributed by atoms with Crippen LogP contribution < -0.4 is 5.32 Å². The Morgan fingerprint density at radius 2 is 2.05 bits per heavy atom. The number of rotatable bonds is 4. The highest BCUT2D eigenvalue weighted by Crippen LogP contribution is 2.31. The molecule has 1 aliphatic rings. The lowest BCUT2D eigenvalue weighted by atomic mass is 9.95. The van der Waals surface area contributed by atoms with Gasteiger partial charge in [-0.3, -0.25) is 0 Å². The van der Waals surface area contributed by atoms with Gasteiger partial charge in [0.1, 0.15) is 0 Å². The van der Waals surface area contributed by atoms with Crippen LogP contribution in [0.25, 0.3) is 0 Å². The van der Waals surface area contributed by atoms with Gasteiger partial charge in [0, 0.05) is 10.9 Å². The summed E-state index contributed by atoms with van der Waals surface area (Å²) >= 11 is 1.83. The van der Waals surface area contributed by atoms with Crippen LogP contribution >= 0.6 is 11.3 Å². The summed E-state index contributed by atoms with van der Waals surface area (Å²) in [5.74, 6) is 0.558. The second kappa shape index (κ2) is 6.08. The summed E-state index contributed by atoms with van der Waals surface area (Å²) in [7, 11) is 0. The highest BCUT2D eigenvalue weighted by Gasteiger charge is 2.25. The summed E-state index contributed by atoms with van der Waals surface area (Å²) in [6.07, 6.45) is 0. The largest absolute Gasteiger partial charge is 0.375 e. The molecule has 0 spiro atoms. The van der Waals surface area contributed by atoms with Crippen molar-refractivity contribution >= 4 is 11.3 Å². The molecule has 1 aromatic carbocycles. The summed E-state index contributed by atoms with van der Waals surface area (Å²) in [6, 6.07) is 13.6. The number of hydrogen-bond donors (Lipinski definition) is 1. The molecule has 2 nitrogen and oxygen atoms in total. The summed E-state index contributed by atoms with van der Waals surface area (Å²) in [4.78, 5) is 1.41. The van der Waals surface area contributed by atoms with E-state index in [1.165, 1.54) is 16.0 Å². The van der Waals surface area contributed by atoms with Crippen LogP contribution in [0.5, 0.6) is 0 Å². The van der Waals surface area contributed by atoms with Crippen molar-refractivity contribution in [2.24, 2.45) is 5.92 Å². The zero-order valence-electron chi connectivity index (χ0n) is 12.0. The molecule has 1 N–H and O–H groups in total. The van der Waals surface area contributed by atoms with Crippen LogP contribution in [-0.2, 0) is 11.3 Å². The second-order valence-electron chi connectivity index (χ2n) is 5.67. The number of ether oxygens (including phenoxy) is 1. The third kappa shape index (κ3) is 2.80. The van der Waals surface area contributed by atoms with Crippen molar-refractivity contribution in [3.8, 4) is 0 Å². The number of fused-ring (bicyclic) bond motifs is 1. The van der Waals surface area contributed by atoms with Gasteiger partial charge in [-0.2, -0.15) is 0 Å². The van der Waals surface area contributed by atoms with Crippen molar-refractivity contribution < 1.29 is 4.74 Å². The van der Waals surface area contributed by atoms with Gasteiger partial charge in [-0.05, 0) is 28.5 Å². The van der Waals surface area contributed by atoms with Crippen molar-refractivity contribution in [3.05, 3.63) is 57.8 Å². The molecule has 1 aliphatic heterocycles. The van der Waals surface area contributed by atoms with E-state index in [0.717, 1.165) is 13.2 Å². The molecule has 1 aromatic heterocycles. The minimum atomic E-state index is 0.287. The number of benzene rings is 1. The monoisotopic (exact) mass is 287 g/mol. The molecule has 3 heteroatoms. The first-order valence-corrected chi connectivity index (χ1v) is 8.08. The van der Waals surface area contributed by atoms with E-state index in [9.17, 15) is 0 Å². The molecular formula is C17H21NOS. The van der Waals surface area contributed by atoms with Gasteiger partial charge in [-0.25, -0.2) is 0 Å². The van der Waals surface area contributed by atoms with E-state index in [1.54, 1.807) is 0 Å². The molecule has 2 aromatic rings. The van der Waals surface area contributed by atoms with Gasteiger partial charge < -0.3 is 10.1 Å². The molecule has 20 heavy (non-hydrogen) atoms. The predicted molar refractivity (Wildman–Crippen MR) is 83.9 cm³/mol. The average molecular weight is 287 g/mol. The first kappa shape index (κ1) is 13.8. The maximum atomic E-state index is 5.75. The minimum Gasteiger partial charge on any atom is -0.375 e. The molecule has 2 heterocycles. The van der Waals surface area contributed by atoms with Gasteiger partial charge >= 0.3 is 0 Å². The molecule has 0 aliphatic carbocycles. The Labute approximate surface area is 124 Å². The van der Waals surface area contributed by atoms with Crippen molar-refractivity contribution in [2.75, 3.05) is 6.61 Å². The second-order valence-corrected chi connectivity index (χ2v) is 6.65. The van der Waals surface area contributed by atoms with Crippen LogP contribution in [0.2, 0.25) is 0 Å². The molecule has 106 valence electrons. The maximum Gasteiger partial charge on any atom is 0.0721 e. The van der Waals surface area contributed by atoms with Gasteiger partial charge in [-0.15, -0.1) is 11.3 Å². The fourth-order valence-electron chi connectivity index (χ4n) is 2.81. The lowest BCUT2D eigenvalue weighted by Gasteiger charge is -2.32. The molecule has 0 fully saturated rings. The van der Waals surface area contributed by atoms with E-state index in [0.29, 0.717) is 12.0 Å². The zero-order chi connectivity index (χ0) is 13.9. The Bertz CT molecular complexity index is 550. The minimum absolute atomic E-state index is 0.287. The summed E-state index contributed by atoms with van der Waals surface area (Å²) in [5, 5.41) is 5.95. The highest BCUT2D eigenvalue weighted by molar-refractivity contribution is 7.10. The van der Waals surface area contributed by atoms with Gasteiger partial charge in [0.15, 0.2) is 0 Å². The number of thiophene rings is 1. The first-order valence-electron chi connectivity index (χ1n) is 7.20. The standard InChI is InChI=1S/C17H21NOS/c1-12(2)17(16-8-5-9-20-16)18-15-11-19-10-13-6-3-4-7-14(13)15/h3-9,12,15,17-18H,10-11H2,1-2H3. The lowest BCUT2D eigenvalue weighted by Crippen LogP contribution is -2.34. The van der Waals surface area contributed by atoms with Crippen LogP contribution in [0.1, 0.15) is 41.9 Å². The highest BCUT2D eigenvalue weighted by atomic mass is 32.1. The van der Waals surface area contributed by atoms with Gasteiger partial charge in [-0.1, -0.05) is 44.2 Å². The smallest absolute Gasteiger partial charge is 0.0721 e. The first-order chi connectivity index (χ1) is 9.75. The Balaban J connectivity index is 1.83. The van der Waals surface area contributed by atoms with E-state index in [1.807, 2.05) is 11.3 Å². The van der Waals surface area contributed by atoms with E-state index in [2.05, 4.69) is 60.9 Å². The SMILES string of the molecule is CC(C)C(NC1COCc2ccccc21)c1cccs1. The lowest BCUT2D eigenvalue weighted by molar-refractivity contribution is 0.0762. The fourth-order valence-corrected chi connectivity index (χ4v) is 3.77. The van der Waals surface area contributed by atoms with Crippen LogP contribution in [-0.4, -0.2) is 6.61 Å². The number of nitrogens with one attached hydrogen (secondary N) is 1. The molecule has 0 bridgehead atoms. The number of hydrogen-bond acceptors (Lipinski definition) is 3. The Morgan fingerprint density at radius 1 is 1.20 bits per heavy atom. The van der Waals surface area contributed by atoms with Gasteiger partial charge in [0.2, 0.25) is 0 Å². The van der Waals surface area contributed by atoms with E-state index in [-0.39, 0.29) is 6.04 Å². The van der Waals surface area contributed by atoms with Crippen LogP contribution in [0.15, 0.2) is 41.8 Å². The molecule has 2 unspecified atom stereocenters. The van der Waals surface area contributed by atoms with Gasteiger partial charge in [0.05, 0.1) is 19.3 Å². The maximum absolute atomic E-state index is 5.75. The Hall–Kier alpha value is -1.16. The van der Waals surface area contributed by atoms with Crippen LogP contribution in [0.4, 0.5) is 0 Å². The van der Waals surface area contributed by atoms with Crippen molar-refractivity contribution in [3.63, 3.8) is 0 Å². The molecule has 2 atom stereocenters. The fraction of sp³-hybridized carbons (Fsp3) is 0.412. The topological polar surface area (TPSA) is 21.3 Å². The van der Waals surface area contributed by atoms with Crippen LogP contribution in [0.3, 0.4) is 0 Å². The van der Waals surface area contributed by atoms with E-state index >= 15 is 0 Å². The predicted octanol–water partition coefficient (Wildman–Crippen LogP) is 4.31. The quantitative estimate of drug-likeness (QED) is 0.905. The van der Waals surface area contributed by atoms with Crippen molar-refractivity contribution in [1.29, 1.82) is 0 Å².